The fourth-order valence-corrected chi connectivity index (χ4v) is 3.20. The van der Waals surface area contributed by atoms with E-state index in [4.69, 9.17) is 0 Å². The summed E-state index contributed by atoms with van der Waals surface area (Å²) < 4.78 is 23.0. The first-order valence-corrected chi connectivity index (χ1v) is 9.99. The number of carbonyl (C=O) groups excluding carboxylic acids is 1. The van der Waals surface area contributed by atoms with Gasteiger partial charge in [0.2, 0.25) is 5.91 Å². The Morgan fingerprint density at radius 2 is 1.73 bits per heavy atom. The Hall–Kier alpha value is -1.01. The Kier molecular flexibility index (Phi) is 6.10. The summed E-state index contributed by atoms with van der Waals surface area (Å²) in [5, 5.41) is 0. The second-order valence-electron chi connectivity index (χ2n) is 6.42. The SMILES string of the molecule is CC(c1ccc(S(C)(=O)=O)cc1)N(C)C(=O)CSC(C)(C)C. The van der Waals surface area contributed by atoms with Crippen molar-refractivity contribution in [3.63, 3.8) is 0 Å². The van der Waals surface area contributed by atoms with Gasteiger partial charge in [-0.15, -0.1) is 11.8 Å². The summed E-state index contributed by atoms with van der Waals surface area (Å²) in [6.45, 7) is 8.18. The lowest BCUT2D eigenvalue weighted by atomic mass is 10.1. The number of thioether (sulfide) groups is 1. The van der Waals surface area contributed by atoms with E-state index in [1.54, 1.807) is 48.0 Å². The van der Waals surface area contributed by atoms with Crippen LogP contribution in [0, 0.1) is 0 Å². The first-order chi connectivity index (χ1) is 9.92. The normalized spacial score (nSPS) is 13.7. The molecule has 1 atom stereocenters. The summed E-state index contributed by atoms with van der Waals surface area (Å²) in [4.78, 5) is 14.2. The van der Waals surface area contributed by atoms with Gasteiger partial charge in [0.05, 0.1) is 16.7 Å². The molecular formula is C16H25NO3S2. The highest BCUT2D eigenvalue weighted by molar-refractivity contribution is 8.01. The number of carbonyl (C=O) groups is 1. The predicted molar refractivity (Wildman–Crippen MR) is 92.9 cm³/mol. The van der Waals surface area contributed by atoms with Crippen LogP contribution in [-0.4, -0.2) is 43.0 Å². The standard InChI is InChI=1S/C16H25NO3S2/c1-12(17(5)15(18)11-21-16(2,3)4)13-7-9-14(10-8-13)22(6,19)20/h7-10,12H,11H2,1-6H3. The Morgan fingerprint density at radius 1 is 1.23 bits per heavy atom. The third kappa shape index (κ3) is 5.65. The molecule has 0 spiro atoms. The molecule has 0 heterocycles. The van der Waals surface area contributed by atoms with E-state index >= 15 is 0 Å². The van der Waals surface area contributed by atoms with Gasteiger partial charge in [-0.25, -0.2) is 8.42 Å². The summed E-state index contributed by atoms with van der Waals surface area (Å²) in [7, 11) is -1.41. The average molecular weight is 344 g/mol. The first-order valence-electron chi connectivity index (χ1n) is 7.11. The Morgan fingerprint density at radius 3 is 2.14 bits per heavy atom. The highest BCUT2D eigenvalue weighted by Crippen LogP contribution is 2.25. The smallest absolute Gasteiger partial charge is 0.232 e. The van der Waals surface area contributed by atoms with Crippen molar-refractivity contribution in [2.45, 2.75) is 43.4 Å². The average Bonchev–Trinajstić information content (AvgIpc) is 2.41. The highest BCUT2D eigenvalue weighted by atomic mass is 32.2. The molecule has 0 aliphatic rings. The maximum Gasteiger partial charge on any atom is 0.232 e. The fraction of sp³-hybridized carbons (Fsp3) is 0.562. The van der Waals surface area contributed by atoms with Crippen LogP contribution in [0.15, 0.2) is 29.2 Å². The van der Waals surface area contributed by atoms with E-state index in [2.05, 4.69) is 20.8 Å². The third-order valence-electron chi connectivity index (χ3n) is 3.39. The lowest BCUT2D eigenvalue weighted by Crippen LogP contribution is -2.32. The summed E-state index contributed by atoms with van der Waals surface area (Å²) in [5.41, 5.74) is 0.920. The molecule has 0 radical (unpaired) electrons. The number of nitrogens with zero attached hydrogens (tertiary/aromatic N) is 1. The topological polar surface area (TPSA) is 54.5 Å². The first kappa shape index (κ1) is 19.0. The Labute approximate surface area is 138 Å². The molecule has 6 heteroatoms. The maximum atomic E-state index is 12.2. The lowest BCUT2D eigenvalue weighted by Gasteiger charge is -2.27. The minimum atomic E-state index is -3.19. The molecule has 1 aromatic rings. The van der Waals surface area contributed by atoms with Crippen LogP contribution >= 0.6 is 11.8 Å². The van der Waals surface area contributed by atoms with Crippen molar-refractivity contribution in [2.24, 2.45) is 0 Å². The van der Waals surface area contributed by atoms with Crippen LogP contribution in [-0.2, 0) is 14.6 Å². The molecule has 0 aromatic heterocycles. The lowest BCUT2D eigenvalue weighted by molar-refractivity contribution is -0.128. The monoisotopic (exact) mass is 343 g/mol. The Balaban J connectivity index is 2.78. The van der Waals surface area contributed by atoms with E-state index in [0.717, 1.165) is 5.56 Å². The number of hydrogen-bond donors (Lipinski definition) is 0. The van der Waals surface area contributed by atoms with Crippen LogP contribution in [0.4, 0.5) is 0 Å². The molecule has 22 heavy (non-hydrogen) atoms. The molecule has 0 bridgehead atoms. The minimum absolute atomic E-state index is 0.0525. The van der Waals surface area contributed by atoms with Gasteiger partial charge in [-0.2, -0.15) is 0 Å². The Bertz CT molecular complexity index is 616. The summed E-state index contributed by atoms with van der Waals surface area (Å²) in [5.74, 6) is 0.505. The van der Waals surface area contributed by atoms with Crippen LogP contribution in [0.5, 0.6) is 0 Å². The number of benzene rings is 1. The molecule has 0 N–H and O–H groups in total. The molecular weight excluding hydrogens is 318 g/mol. The summed E-state index contributed by atoms with van der Waals surface area (Å²) in [6, 6.07) is 6.61. The van der Waals surface area contributed by atoms with Gasteiger partial charge >= 0.3 is 0 Å². The van der Waals surface area contributed by atoms with Crippen molar-refractivity contribution >= 4 is 27.5 Å². The van der Waals surface area contributed by atoms with Gasteiger partial charge < -0.3 is 4.90 Å². The van der Waals surface area contributed by atoms with Crippen molar-refractivity contribution in [1.82, 2.24) is 4.90 Å². The van der Waals surface area contributed by atoms with E-state index in [1.807, 2.05) is 6.92 Å². The molecule has 1 unspecified atom stereocenters. The van der Waals surface area contributed by atoms with E-state index in [-0.39, 0.29) is 16.7 Å². The van der Waals surface area contributed by atoms with Crippen molar-refractivity contribution in [1.29, 1.82) is 0 Å². The molecule has 0 saturated carbocycles. The van der Waals surface area contributed by atoms with Crippen molar-refractivity contribution in [2.75, 3.05) is 19.1 Å². The van der Waals surface area contributed by atoms with Gasteiger partial charge in [0, 0.05) is 18.1 Å². The van der Waals surface area contributed by atoms with Crippen molar-refractivity contribution in [3.8, 4) is 0 Å². The summed E-state index contributed by atoms with van der Waals surface area (Å²) in [6.07, 6.45) is 1.19. The molecule has 124 valence electrons. The molecule has 1 rings (SSSR count). The van der Waals surface area contributed by atoms with Crippen LogP contribution in [0.2, 0.25) is 0 Å². The highest BCUT2D eigenvalue weighted by Gasteiger charge is 2.20. The van der Waals surface area contributed by atoms with Crippen LogP contribution in [0.25, 0.3) is 0 Å². The van der Waals surface area contributed by atoms with Crippen molar-refractivity contribution in [3.05, 3.63) is 29.8 Å². The molecule has 1 amide bonds. The van der Waals surface area contributed by atoms with Gasteiger partial charge in [-0.05, 0) is 24.6 Å². The fourth-order valence-electron chi connectivity index (χ4n) is 1.81. The van der Waals surface area contributed by atoms with E-state index < -0.39 is 9.84 Å². The van der Waals surface area contributed by atoms with Crippen LogP contribution in [0.3, 0.4) is 0 Å². The quantitative estimate of drug-likeness (QED) is 0.824. The van der Waals surface area contributed by atoms with E-state index in [0.29, 0.717) is 10.6 Å². The molecule has 0 aliphatic carbocycles. The zero-order chi connectivity index (χ0) is 17.1. The molecule has 1 aromatic carbocycles. The van der Waals surface area contributed by atoms with Gasteiger partial charge in [-0.1, -0.05) is 32.9 Å². The minimum Gasteiger partial charge on any atom is -0.338 e. The predicted octanol–water partition coefficient (Wildman–Crippen LogP) is 3.14. The van der Waals surface area contributed by atoms with Gasteiger partial charge in [-0.3, -0.25) is 4.79 Å². The van der Waals surface area contributed by atoms with E-state index in [9.17, 15) is 13.2 Å². The van der Waals surface area contributed by atoms with Gasteiger partial charge in [0.25, 0.3) is 0 Å². The second-order valence-corrected chi connectivity index (χ2v) is 10.2. The molecule has 0 saturated heterocycles. The number of sulfone groups is 1. The number of amides is 1. The number of hydrogen-bond acceptors (Lipinski definition) is 4. The summed E-state index contributed by atoms with van der Waals surface area (Å²) >= 11 is 1.62. The van der Waals surface area contributed by atoms with Gasteiger partial charge in [0.1, 0.15) is 0 Å². The third-order valence-corrected chi connectivity index (χ3v) is 5.78. The van der Waals surface area contributed by atoms with Gasteiger partial charge in [0.15, 0.2) is 9.84 Å². The maximum absolute atomic E-state index is 12.2. The molecule has 0 fully saturated rings. The zero-order valence-corrected chi connectivity index (χ0v) is 15.7. The second kappa shape index (κ2) is 7.04. The van der Waals surface area contributed by atoms with E-state index in [1.165, 1.54) is 6.26 Å². The zero-order valence-electron chi connectivity index (χ0n) is 14.1. The molecule has 0 aliphatic heterocycles. The molecule has 4 nitrogen and oxygen atoms in total. The van der Waals surface area contributed by atoms with Crippen LogP contribution < -0.4 is 0 Å². The number of rotatable bonds is 5. The largest absolute Gasteiger partial charge is 0.338 e. The van der Waals surface area contributed by atoms with Crippen LogP contribution in [0.1, 0.15) is 39.3 Å². The van der Waals surface area contributed by atoms with Crippen molar-refractivity contribution < 1.29 is 13.2 Å².